The van der Waals surface area contributed by atoms with Crippen molar-refractivity contribution in [1.82, 2.24) is 5.32 Å². The lowest BCUT2D eigenvalue weighted by Gasteiger charge is -2.06. The van der Waals surface area contributed by atoms with E-state index in [4.69, 9.17) is 21.1 Å². The first-order valence-corrected chi connectivity index (χ1v) is 6.12. The molecular formula is C11H24ClNO2. The van der Waals surface area contributed by atoms with E-state index < -0.39 is 0 Å². The standard InChI is InChI=1S/C11H24ClNO2/c1-11(12)5-3-6-13-7-4-8-15-10-9-14-2/h11,13H,3-10H2,1-2H3. The molecule has 0 aliphatic heterocycles. The SMILES string of the molecule is COCCOCCCNCCCC(C)Cl. The fraction of sp³-hybridized carbons (Fsp3) is 1.00. The molecule has 0 radical (unpaired) electrons. The molecule has 0 spiro atoms. The third kappa shape index (κ3) is 14.2. The van der Waals surface area contributed by atoms with Crippen molar-refractivity contribution >= 4 is 11.6 Å². The van der Waals surface area contributed by atoms with Crippen LogP contribution in [0.5, 0.6) is 0 Å². The molecule has 0 saturated carbocycles. The lowest BCUT2D eigenvalue weighted by molar-refractivity contribution is 0.0695. The average Bonchev–Trinajstić information content (AvgIpc) is 2.20. The predicted molar refractivity (Wildman–Crippen MR) is 64.7 cm³/mol. The Morgan fingerprint density at radius 2 is 1.87 bits per heavy atom. The lowest BCUT2D eigenvalue weighted by Crippen LogP contribution is -2.19. The van der Waals surface area contributed by atoms with Gasteiger partial charge in [-0.15, -0.1) is 11.6 Å². The summed E-state index contributed by atoms with van der Waals surface area (Å²) in [7, 11) is 1.68. The first-order valence-electron chi connectivity index (χ1n) is 5.69. The van der Waals surface area contributed by atoms with E-state index in [1.54, 1.807) is 7.11 Å². The van der Waals surface area contributed by atoms with Gasteiger partial charge < -0.3 is 14.8 Å². The van der Waals surface area contributed by atoms with E-state index in [2.05, 4.69) is 5.32 Å². The summed E-state index contributed by atoms with van der Waals surface area (Å²) in [5, 5.41) is 3.66. The van der Waals surface area contributed by atoms with Crippen LogP contribution in [0.25, 0.3) is 0 Å². The quantitative estimate of drug-likeness (QED) is 0.441. The monoisotopic (exact) mass is 237 g/mol. The first-order chi connectivity index (χ1) is 7.27. The molecule has 0 heterocycles. The van der Waals surface area contributed by atoms with Gasteiger partial charge >= 0.3 is 0 Å². The van der Waals surface area contributed by atoms with Gasteiger partial charge in [-0.2, -0.15) is 0 Å². The molecule has 0 aliphatic carbocycles. The molecule has 0 amide bonds. The largest absolute Gasteiger partial charge is 0.382 e. The highest BCUT2D eigenvalue weighted by Gasteiger charge is 1.95. The second-order valence-corrected chi connectivity index (χ2v) is 4.38. The van der Waals surface area contributed by atoms with Crippen molar-refractivity contribution in [2.24, 2.45) is 0 Å². The molecule has 1 N–H and O–H groups in total. The maximum Gasteiger partial charge on any atom is 0.0700 e. The van der Waals surface area contributed by atoms with Gasteiger partial charge in [0.05, 0.1) is 13.2 Å². The minimum absolute atomic E-state index is 0.296. The van der Waals surface area contributed by atoms with Crippen LogP contribution in [0.3, 0.4) is 0 Å². The van der Waals surface area contributed by atoms with Gasteiger partial charge in [-0.1, -0.05) is 0 Å². The second kappa shape index (κ2) is 12.2. The van der Waals surface area contributed by atoms with Gasteiger partial charge in [0.15, 0.2) is 0 Å². The van der Waals surface area contributed by atoms with Crippen LogP contribution in [0, 0.1) is 0 Å². The minimum atomic E-state index is 0.296. The number of ether oxygens (including phenoxy) is 2. The van der Waals surface area contributed by atoms with Crippen molar-refractivity contribution in [3.63, 3.8) is 0 Å². The Hall–Kier alpha value is 0.170. The molecule has 92 valence electrons. The minimum Gasteiger partial charge on any atom is -0.382 e. The Balaban J connectivity index is 2.87. The maximum atomic E-state index is 5.83. The van der Waals surface area contributed by atoms with Gasteiger partial charge in [-0.05, 0) is 39.3 Å². The van der Waals surface area contributed by atoms with Gasteiger partial charge in [-0.25, -0.2) is 0 Å². The summed E-state index contributed by atoms with van der Waals surface area (Å²) in [5.74, 6) is 0. The Morgan fingerprint density at radius 1 is 1.13 bits per heavy atom. The van der Waals surface area contributed by atoms with E-state index in [-0.39, 0.29) is 0 Å². The molecule has 0 saturated heterocycles. The number of hydrogen-bond donors (Lipinski definition) is 1. The zero-order chi connectivity index (χ0) is 11.4. The molecule has 0 rings (SSSR count). The van der Waals surface area contributed by atoms with Crippen LogP contribution in [-0.2, 0) is 9.47 Å². The summed E-state index contributed by atoms with van der Waals surface area (Å²) in [6, 6.07) is 0. The van der Waals surface area contributed by atoms with Gasteiger partial charge in [-0.3, -0.25) is 0 Å². The molecule has 0 aromatic heterocycles. The van der Waals surface area contributed by atoms with Gasteiger partial charge in [0.1, 0.15) is 0 Å². The fourth-order valence-corrected chi connectivity index (χ4v) is 1.33. The zero-order valence-corrected chi connectivity index (χ0v) is 10.7. The van der Waals surface area contributed by atoms with Gasteiger partial charge in [0.25, 0.3) is 0 Å². The molecule has 0 aromatic rings. The van der Waals surface area contributed by atoms with E-state index in [1.165, 1.54) is 0 Å². The number of methoxy groups -OCH3 is 1. The predicted octanol–water partition coefficient (Wildman–Crippen LogP) is 2.04. The molecule has 4 heteroatoms. The smallest absolute Gasteiger partial charge is 0.0700 e. The summed E-state index contributed by atoms with van der Waals surface area (Å²) >= 11 is 5.83. The lowest BCUT2D eigenvalue weighted by atomic mass is 10.2. The van der Waals surface area contributed by atoms with Crippen molar-refractivity contribution in [2.45, 2.75) is 31.6 Å². The van der Waals surface area contributed by atoms with Crippen LogP contribution >= 0.6 is 11.6 Å². The van der Waals surface area contributed by atoms with E-state index in [1.807, 2.05) is 6.92 Å². The van der Waals surface area contributed by atoms with Crippen molar-refractivity contribution < 1.29 is 9.47 Å². The Kier molecular flexibility index (Phi) is 12.4. The number of nitrogens with one attached hydrogen (secondary N) is 1. The van der Waals surface area contributed by atoms with Crippen LogP contribution in [0.1, 0.15) is 26.2 Å². The van der Waals surface area contributed by atoms with E-state index in [0.717, 1.165) is 39.0 Å². The van der Waals surface area contributed by atoms with Crippen molar-refractivity contribution in [2.75, 3.05) is 40.0 Å². The Bertz CT molecular complexity index is 123. The maximum absolute atomic E-state index is 5.83. The fourth-order valence-electron chi connectivity index (χ4n) is 1.18. The molecule has 15 heavy (non-hydrogen) atoms. The van der Waals surface area contributed by atoms with Crippen LogP contribution in [-0.4, -0.2) is 45.4 Å². The molecule has 0 fully saturated rings. The molecule has 3 nitrogen and oxygen atoms in total. The Labute approximate surface area is 98.5 Å². The van der Waals surface area contributed by atoms with Gasteiger partial charge in [0.2, 0.25) is 0 Å². The molecule has 0 aliphatic rings. The number of hydrogen-bond acceptors (Lipinski definition) is 3. The number of rotatable bonds is 11. The van der Waals surface area contributed by atoms with Crippen LogP contribution < -0.4 is 5.32 Å². The van der Waals surface area contributed by atoms with E-state index in [9.17, 15) is 0 Å². The van der Waals surface area contributed by atoms with Crippen LogP contribution in [0.2, 0.25) is 0 Å². The van der Waals surface area contributed by atoms with Crippen LogP contribution in [0.15, 0.2) is 0 Å². The second-order valence-electron chi connectivity index (χ2n) is 3.63. The third-order valence-electron chi connectivity index (χ3n) is 2.03. The highest BCUT2D eigenvalue weighted by molar-refractivity contribution is 6.20. The van der Waals surface area contributed by atoms with E-state index >= 15 is 0 Å². The summed E-state index contributed by atoms with van der Waals surface area (Å²) in [6.45, 7) is 6.29. The summed E-state index contributed by atoms with van der Waals surface area (Å²) in [4.78, 5) is 0. The van der Waals surface area contributed by atoms with Crippen molar-refractivity contribution in [3.05, 3.63) is 0 Å². The number of halogens is 1. The summed E-state index contributed by atoms with van der Waals surface area (Å²) in [5.41, 5.74) is 0. The van der Waals surface area contributed by atoms with Crippen molar-refractivity contribution in [3.8, 4) is 0 Å². The Morgan fingerprint density at radius 3 is 2.53 bits per heavy atom. The summed E-state index contributed by atoms with van der Waals surface area (Å²) < 4.78 is 10.2. The average molecular weight is 238 g/mol. The van der Waals surface area contributed by atoms with E-state index in [0.29, 0.717) is 18.6 Å². The number of alkyl halides is 1. The first kappa shape index (κ1) is 15.2. The van der Waals surface area contributed by atoms with Gasteiger partial charge in [0, 0.05) is 19.1 Å². The molecule has 1 unspecified atom stereocenters. The highest BCUT2D eigenvalue weighted by Crippen LogP contribution is 2.01. The topological polar surface area (TPSA) is 30.5 Å². The van der Waals surface area contributed by atoms with Crippen LogP contribution in [0.4, 0.5) is 0 Å². The highest BCUT2D eigenvalue weighted by atomic mass is 35.5. The normalized spacial score (nSPS) is 13.0. The molecule has 1 atom stereocenters. The molecular weight excluding hydrogens is 214 g/mol. The van der Waals surface area contributed by atoms with Crippen molar-refractivity contribution in [1.29, 1.82) is 0 Å². The molecule has 0 bridgehead atoms. The summed E-state index contributed by atoms with van der Waals surface area (Å²) in [6.07, 6.45) is 3.29. The molecule has 0 aromatic carbocycles. The third-order valence-corrected chi connectivity index (χ3v) is 2.25. The zero-order valence-electron chi connectivity index (χ0n) is 9.93.